The Hall–Kier alpha value is -3.92. The van der Waals surface area contributed by atoms with Crippen LogP contribution in [0.4, 0.5) is 5.82 Å². The molecule has 1 amide bonds. The van der Waals surface area contributed by atoms with Crippen LogP contribution in [0.3, 0.4) is 0 Å². The average molecular weight is 376 g/mol. The summed E-state index contributed by atoms with van der Waals surface area (Å²) in [5.41, 5.74) is 7.64. The van der Waals surface area contributed by atoms with E-state index >= 15 is 0 Å². The number of hydrogen-bond acceptors (Lipinski definition) is 8. The van der Waals surface area contributed by atoms with Gasteiger partial charge in [-0.05, 0) is 11.6 Å². The molecule has 1 aromatic carbocycles. The summed E-state index contributed by atoms with van der Waals surface area (Å²) < 4.78 is 0. The van der Waals surface area contributed by atoms with Crippen LogP contribution in [0.2, 0.25) is 0 Å². The number of aliphatic hydroxyl groups excluding tert-OH is 1. The molecule has 140 valence electrons. The Morgan fingerprint density at radius 1 is 1.11 bits per heavy atom. The van der Waals surface area contributed by atoms with Crippen LogP contribution in [-0.2, 0) is 13.2 Å². The third-order valence-electron chi connectivity index (χ3n) is 4.10. The van der Waals surface area contributed by atoms with Gasteiger partial charge in [-0.3, -0.25) is 9.78 Å². The van der Waals surface area contributed by atoms with Crippen molar-refractivity contribution in [3.8, 4) is 5.82 Å². The van der Waals surface area contributed by atoms with Gasteiger partial charge < -0.3 is 16.2 Å². The Morgan fingerprint density at radius 3 is 2.68 bits per heavy atom. The van der Waals surface area contributed by atoms with E-state index < -0.39 is 12.5 Å². The minimum absolute atomic E-state index is 0.0758. The van der Waals surface area contributed by atoms with Gasteiger partial charge in [0, 0.05) is 18.1 Å². The van der Waals surface area contributed by atoms with E-state index in [1.807, 2.05) is 30.3 Å². The molecule has 0 unspecified atom stereocenters. The molecule has 3 aromatic heterocycles. The van der Waals surface area contributed by atoms with Crippen LogP contribution in [0.1, 0.15) is 21.7 Å². The second-order valence-corrected chi connectivity index (χ2v) is 5.88. The number of nitrogens with two attached hydrogens (primary N) is 1. The number of carbonyl (C=O) groups is 1. The van der Waals surface area contributed by atoms with Gasteiger partial charge in [0.05, 0.1) is 24.5 Å². The number of rotatable bonds is 5. The van der Waals surface area contributed by atoms with Crippen LogP contribution in [0.15, 0.2) is 48.9 Å². The number of benzene rings is 1. The van der Waals surface area contributed by atoms with Crippen molar-refractivity contribution < 1.29 is 9.90 Å². The monoisotopic (exact) mass is 376 g/mol. The van der Waals surface area contributed by atoms with Gasteiger partial charge in [0.1, 0.15) is 5.69 Å². The van der Waals surface area contributed by atoms with Gasteiger partial charge >= 0.3 is 0 Å². The summed E-state index contributed by atoms with van der Waals surface area (Å²) in [6, 6.07) is 9.54. The van der Waals surface area contributed by atoms with Crippen LogP contribution >= 0.6 is 0 Å². The Balaban J connectivity index is 1.60. The van der Waals surface area contributed by atoms with E-state index in [1.54, 1.807) is 6.20 Å². The maximum Gasteiger partial charge on any atom is 0.274 e. The molecule has 4 N–H and O–H groups in total. The van der Waals surface area contributed by atoms with Gasteiger partial charge in [-0.2, -0.15) is 10.2 Å². The number of nitrogens with zero attached hydrogens (tertiary/aromatic N) is 6. The lowest BCUT2D eigenvalue weighted by Gasteiger charge is -2.11. The number of hydrogen-bond donors (Lipinski definition) is 3. The normalized spacial score (nSPS) is 10.9. The molecule has 0 aliphatic carbocycles. The average Bonchev–Trinajstić information content (AvgIpc) is 3.26. The first-order valence-corrected chi connectivity index (χ1v) is 8.42. The van der Waals surface area contributed by atoms with E-state index in [1.165, 1.54) is 17.2 Å². The molecule has 0 bridgehead atoms. The largest absolute Gasteiger partial charge is 0.390 e. The zero-order valence-electron chi connectivity index (χ0n) is 14.6. The van der Waals surface area contributed by atoms with Crippen molar-refractivity contribution in [2.24, 2.45) is 0 Å². The van der Waals surface area contributed by atoms with Gasteiger partial charge in [0.25, 0.3) is 5.91 Å². The van der Waals surface area contributed by atoms with Crippen LogP contribution in [0, 0.1) is 0 Å². The van der Waals surface area contributed by atoms with Crippen molar-refractivity contribution >= 4 is 22.6 Å². The number of anilines is 1. The zero-order chi connectivity index (χ0) is 19.5. The predicted octanol–water partition coefficient (Wildman–Crippen LogP) is 0.610. The quantitative estimate of drug-likeness (QED) is 0.459. The minimum atomic E-state index is -0.507. The molecule has 0 spiro atoms. The Bertz CT molecular complexity index is 1140. The number of aromatic nitrogens is 6. The van der Waals surface area contributed by atoms with Crippen molar-refractivity contribution in [3.05, 3.63) is 65.9 Å². The van der Waals surface area contributed by atoms with Crippen molar-refractivity contribution in [2.75, 3.05) is 5.73 Å². The third-order valence-corrected chi connectivity index (χ3v) is 4.10. The first kappa shape index (κ1) is 17.5. The number of nitrogen functional groups attached to an aromatic ring is 1. The predicted molar refractivity (Wildman–Crippen MR) is 100 cm³/mol. The smallest absolute Gasteiger partial charge is 0.274 e. The number of pyridine rings is 1. The third kappa shape index (κ3) is 3.23. The molecule has 0 saturated heterocycles. The van der Waals surface area contributed by atoms with E-state index in [-0.39, 0.29) is 29.6 Å². The molecule has 0 fully saturated rings. The Labute approximate surface area is 159 Å². The summed E-state index contributed by atoms with van der Waals surface area (Å²) in [6.07, 6.45) is 4.61. The maximum absolute atomic E-state index is 12.6. The first-order chi connectivity index (χ1) is 13.7. The fourth-order valence-electron chi connectivity index (χ4n) is 2.80. The summed E-state index contributed by atoms with van der Waals surface area (Å²) in [4.78, 5) is 26.4. The lowest BCUT2D eigenvalue weighted by molar-refractivity contribution is 0.0946. The van der Waals surface area contributed by atoms with Gasteiger partial charge in [0.2, 0.25) is 0 Å². The Morgan fingerprint density at radius 2 is 1.89 bits per heavy atom. The summed E-state index contributed by atoms with van der Waals surface area (Å²) in [7, 11) is 0. The molecular formula is C18H16N8O2. The van der Waals surface area contributed by atoms with Crippen molar-refractivity contribution in [3.63, 3.8) is 0 Å². The highest BCUT2D eigenvalue weighted by molar-refractivity contribution is 5.96. The van der Waals surface area contributed by atoms with E-state index in [9.17, 15) is 9.90 Å². The fraction of sp³-hybridized carbons (Fsp3) is 0.111. The highest BCUT2D eigenvalue weighted by atomic mass is 16.3. The second-order valence-electron chi connectivity index (χ2n) is 5.88. The Kier molecular flexibility index (Phi) is 4.60. The summed E-state index contributed by atoms with van der Waals surface area (Å²) >= 11 is 0. The van der Waals surface area contributed by atoms with E-state index in [0.717, 1.165) is 16.5 Å². The number of amides is 1. The molecule has 0 aliphatic heterocycles. The molecule has 4 aromatic rings. The molecule has 0 radical (unpaired) electrons. The lowest BCUT2D eigenvalue weighted by Crippen LogP contribution is -2.27. The summed E-state index contributed by atoms with van der Waals surface area (Å²) in [5, 5.41) is 21.2. The standard InChI is InChI=1S/C18H16N8O2/c19-16-15(24-13(10-27)17(25-16)26-22-7-8-23-26)18(28)21-9-12-4-1-3-11-5-2-6-20-14(11)12/h1-8,27H,9-10H2,(H2,19,25)(H,21,28). The topological polar surface area (TPSA) is 145 Å². The molecule has 10 nitrogen and oxygen atoms in total. The lowest BCUT2D eigenvalue weighted by atomic mass is 10.1. The van der Waals surface area contributed by atoms with Crippen LogP contribution < -0.4 is 11.1 Å². The number of nitrogens with one attached hydrogen (secondary N) is 1. The molecule has 10 heteroatoms. The van der Waals surface area contributed by atoms with E-state index in [2.05, 4.69) is 30.5 Å². The van der Waals surface area contributed by atoms with E-state index in [4.69, 9.17) is 5.73 Å². The zero-order valence-corrected chi connectivity index (χ0v) is 14.6. The van der Waals surface area contributed by atoms with Gasteiger partial charge in [-0.25, -0.2) is 9.97 Å². The summed E-state index contributed by atoms with van der Waals surface area (Å²) in [5.74, 6) is -0.426. The molecule has 4 rings (SSSR count). The highest BCUT2D eigenvalue weighted by Crippen LogP contribution is 2.17. The fourth-order valence-corrected chi connectivity index (χ4v) is 2.80. The highest BCUT2D eigenvalue weighted by Gasteiger charge is 2.19. The van der Waals surface area contributed by atoms with Crippen molar-refractivity contribution in [1.82, 2.24) is 35.3 Å². The number of carbonyl (C=O) groups excluding carboxylic acids is 1. The molecule has 3 heterocycles. The second kappa shape index (κ2) is 7.37. The number of para-hydroxylation sites is 1. The number of fused-ring (bicyclic) bond motifs is 1. The molecule has 28 heavy (non-hydrogen) atoms. The van der Waals surface area contributed by atoms with Gasteiger partial charge in [0.15, 0.2) is 17.3 Å². The van der Waals surface area contributed by atoms with Crippen LogP contribution in [0.5, 0.6) is 0 Å². The molecule has 0 aliphatic rings. The molecular weight excluding hydrogens is 360 g/mol. The SMILES string of the molecule is Nc1nc(-n2nccn2)c(CO)nc1C(=O)NCc1cccc2cccnc12. The first-order valence-electron chi connectivity index (χ1n) is 8.42. The van der Waals surface area contributed by atoms with E-state index in [0.29, 0.717) is 0 Å². The van der Waals surface area contributed by atoms with Crippen molar-refractivity contribution in [1.29, 1.82) is 0 Å². The summed E-state index contributed by atoms with van der Waals surface area (Å²) in [6.45, 7) is -0.205. The van der Waals surface area contributed by atoms with Crippen LogP contribution in [-0.4, -0.2) is 41.0 Å². The minimum Gasteiger partial charge on any atom is -0.390 e. The van der Waals surface area contributed by atoms with Gasteiger partial charge in [-0.15, -0.1) is 4.80 Å². The van der Waals surface area contributed by atoms with Crippen molar-refractivity contribution in [2.45, 2.75) is 13.2 Å². The maximum atomic E-state index is 12.6. The molecule has 0 saturated carbocycles. The molecule has 0 atom stereocenters. The van der Waals surface area contributed by atoms with Gasteiger partial charge in [-0.1, -0.05) is 24.3 Å². The van der Waals surface area contributed by atoms with Crippen LogP contribution in [0.25, 0.3) is 16.7 Å². The number of aliphatic hydroxyl groups is 1.